The van der Waals surface area contributed by atoms with Crippen LogP contribution in [0.4, 0.5) is 0 Å². The van der Waals surface area contributed by atoms with Gasteiger partial charge < -0.3 is 9.84 Å². The highest BCUT2D eigenvalue weighted by atomic mass is 16.5. The lowest BCUT2D eigenvalue weighted by atomic mass is 10.0. The van der Waals surface area contributed by atoms with Crippen LogP contribution >= 0.6 is 0 Å². The zero-order chi connectivity index (χ0) is 11.4. The summed E-state index contributed by atoms with van der Waals surface area (Å²) >= 11 is 0. The summed E-state index contributed by atoms with van der Waals surface area (Å²) < 4.78 is 5.25. The van der Waals surface area contributed by atoms with E-state index in [-0.39, 0.29) is 0 Å². The summed E-state index contributed by atoms with van der Waals surface area (Å²) in [5.74, 6) is 3.10. The Morgan fingerprint density at radius 1 is 1.44 bits per heavy atom. The second-order valence-electron chi connectivity index (χ2n) is 4.68. The molecule has 1 aliphatic rings. The average molecular weight is 223 g/mol. The Kier molecular flexibility index (Phi) is 3.93. The van der Waals surface area contributed by atoms with E-state index >= 15 is 0 Å². The third-order valence-corrected chi connectivity index (χ3v) is 3.56. The van der Waals surface area contributed by atoms with Crippen LogP contribution in [0.2, 0.25) is 0 Å². The Morgan fingerprint density at radius 2 is 2.31 bits per heavy atom. The molecule has 2 unspecified atom stereocenters. The number of nitrogens with one attached hydrogen (secondary N) is 1. The van der Waals surface area contributed by atoms with E-state index in [1.807, 2.05) is 7.05 Å². The summed E-state index contributed by atoms with van der Waals surface area (Å²) in [5, 5.41) is 7.19. The number of likely N-dealkylation sites (N-methyl/N-ethyl adjacent to an activating group) is 1. The first-order valence-electron chi connectivity index (χ1n) is 6.30. The molecule has 2 rings (SSSR count). The van der Waals surface area contributed by atoms with Crippen molar-refractivity contribution in [3.05, 3.63) is 11.7 Å². The van der Waals surface area contributed by atoms with Gasteiger partial charge in [-0.2, -0.15) is 4.98 Å². The van der Waals surface area contributed by atoms with Crippen molar-refractivity contribution in [2.45, 2.75) is 44.9 Å². The van der Waals surface area contributed by atoms with Gasteiger partial charge in [0.05, 0.1) is 0 Å². The van der Waals surface area contributed by atoms with Gasteiger partial charge in [0.2, 0.25) is 5.89 Å². The maximum atomic E-state index is 5.25. The standard InChI is InChI=1S/C12H21N3O/c1-3-9-4-5-10(8-9)12-14-11(16-15-12)6-7-13-2/h9-10,13H,3-8H2,1-2H3. The lowest BCUT2D eigenvalue weighted by molar-refractivity contribution is 0.368. The molecular weight excluding hydrogens is 202 g/mol. The molecule has 0 saturated heterocycles. The summed E-state index contributed by atoms with van der Waals surface area (Å²) in [6.07, 6.45) is 5.89. The second-order valence-corrected chi connectivity index (χ2v) is 4.68. The number of hydrogen-bond donors (Lipinski definition) is 1. The fourth-order valence-electron chi connectivity index (χ4n) is 2.45. The van der Waals surface area contributed by atoms with Gasteiger partial charge in [0.25, 0.3) is 0 Å². The van der Waals surface area contributed by atoms with Crippen molar-refractivity contribution in [3.63, 3.8) is 0 Å². The fraction of sp³-hybridized carbons (Fsp3) is 0.833. The first-order chi connectivity index (χ1) is 7.83. The maximum absolute atomic E-state index is 5.25. The minimum atomic E-state index is 0.539. The topological polar surface area (TPSA) is 51.0 Å². The van der Waals surface area contributed by atoms with Crippen LogP contribution in [0.1, 0.15) is 50.2 Å². The van der Waals surface area contributed by atoms with Crippen LogP contribution in [0.25, 0.3) is 0 Å². The normalized spacial score (nSPS) is 25.1. The Morgan fingerprint density at radius 3 is 3.00 bits per heavy atom. The highest BCUT2D eigenvalue weighted by molar-refractivity contribution is 4.99. The van der Waals surface area contributed by atoms with Crippen LogP contribution in [0.5, 0.6) is 0 Å². The molecule has 0 aliphatic heterocycles. The number of aromatic nitrogens is 2. The molecule has 0 amide bonds. The Balaban J connectivity index is 1.92. The minimum absolute atomic E-state index is 0.539. The third-order valence-electron chi connectivity index (χ3n) is 3.56. The molecule has 4 heteroatoms. The fourth-order valence-corrected chi connectivity index (χ4v) is 2.45. The van der Waals surface area contributed by atoms with Crippen LogP contribution in [0, 0.1) is 5.92 Å². The molecule has 16 heavy (non-hydrogen) atoms. The van der Waals surface area contributed by atoms with Crippen molar-refractivity contribution in [1.29, 1.82) is 0 Å². The molecular formula is C12H21N3O. The van der Waals surface area contributed by atoms with Crippen molar-refractivity contribution in [1.82, 2.24) is 15.5 Å². The van der Waals surface area contributed by atoms with E-state index in [1.54, 1.807) is 0 Å². The lowest BCUT2D eigenvalue weighted by Crippen LogP contribution is -2.10. The molecule has 1 fully saturated rings. The summed E-state index contributed by atoms with van der Waals surface area (Å²) in [6.45, 7) is 3.16. The Labute approximate surface area is 96.8 Å². The first-order valence-corrected chi connectivity index (χ1v) is 6.30. The molecule has 1 saturated carbocycles. The molecule has 1 heterocycles. The van der Waals surface area contributed by atoms with Gasteiger partial charge in [-0.1, -0.05) is 18.5 Å². The molecule has 0 radical (unpaired) electrons. The predicted molar refractivity (Wildman–Crippen MR) is 62.3 cm³/mol. The van der Waals surface area contributed by atoms with E-state index in [9.17, 15) is 0 Å². The highest BCUT2D eigenvalue weighted by Crippen LogP contribution is 2.38. The van der Waals surface area contributed by atoms with Crippen LogP contribution in [0.15, 0.2) is 4.52 Å². The quantitative estimate of drug-likeness (QED) is 0.830. The van der Waals surface area contributed by atoms with Gasteiger partial charge in [-0.15, -0.1) is 0 Å². The highest BCUT2D eigenvalue weighted by Gasteiger charge is 2.28. The van der Waals surface area contributed by atoms with Crippen molar-refractivity contribution in [3.8, 4) is 0 Å². The molecule has 0 spiro atoms. The van der Waals surface area contributed by atoms with Crippen LogP contribution in [-0.4, -0.2) is 23.7 Å². The van der Waals surface area contributed by atoms with E-state index in [1.165, 1.54) is 25.7 Å². The van der Waals surface area contributed by atoms with Gasteiger partial charge in [0, 0.05) is 18.9 Å². The number of rotatable bonds is 5. The molecule has 0 bridgehead atoms. The summed E-state index contributed by atoms with van der Waals surface area (Å²) in [5.41, 5.74) is 0. The largest absolute Gasteiger partial charge is 0.339 e. The summed E-state index contributed by atoms with van der Waals surface area (Å²) in [7, 11) is 1.93. The van der Waals surface area contributed by atoms with Crippen molar-refractivity contribution in [2.24, 2.45) is 5.92 Å². The molecule has 4 nitrogen and oxygen atoms in total. The molecule has 2 atom stereocenters. The third kappa shape index (κ3) is 2.61. The first kappa shape index (κ1) is 11.6. The smallest absolute Gasteiger partial charge is 0.227 e. The minimum Gasteiger partial charge on any atom is -0.339 e. The molecule has 90 valence electrons. The van der Waals surface area contributed by atoms with E-state index in [0.717, 1.165) is 30.6 Å². The zero-order valence-electron chi connectivity index (χ0n) is 10.2. The summed E-state index contributed by atoms with van der Waals surface area (Å²) in [4.78, 5) is 4.48. The molecule has 1 aromatic heterocycles. The van der Waals surface area contributed by atoms with E-state index in [0.29, 0.717) is 5.92 Å². The van der Waals surface area contributed by atoms with Crippen LogP contribution in [-0.2, 0) is 6.42 Å². The Hall–Kier alpha value is -0.900. The van der Waals surface area contributed by atoms with Gasteiger partial charge in [-0.3, -0.25) is 0 Å². The van der Waals surface area contributed by atoms with Gasteiger partial charge in [0.1, 0.15) is 0 Å². The van der Waals surface area contributed by atoms with E-state index in [4.69, 9.17) is 4.52 Å². The van der Waals surface area contributed by atoms with E-state index in [2.05, 4.69) is 22.4 Å². The van der Waals surface area contributed by atoms with Gasteiger partial charge in [0.15, 0.2) is 5.82 Å². The van der Waals surface area contributed by atoms with Crippen LogP contribution in [0.3, 0.4) is 0 Å². The average Bonchev–Trinajstić information content (AvgIpc) is 2.94. The van der Waals surface area contributed by atoms with Crippen molar-refractivity contribution in [2.75, 3.05) is 13.6 Å². The monoisotopic (exact) mass is 223 g/mol. The molecule has 0 aromatic carbocycles. The number of hydrogen-bond acceptors (Lipinski definition) is 4. The molecule has 1 N–H and O–H groups in total. The van der Waals surface area contributed by atoms with Gasteiger partial charge in [-0.25, -0.2) is 0 Å². The maximum Gasteiger partial charge on any atom is 0.227 e. The SMILES string of the molecule is CCC1CCC(c2noc(CCNC)n2)C1. The summed E-state index contributed by atoms with van der Waals surface area (Å²) in [6, 6.07) is 0. The van der Waals surface area contributed by atoms with E-state index < -0.39 is 0 Å². The molecule has 1 aromatic rings. The Bertz CT molecular complexity index is 324. The second kappa shape index (κ2) is 5.43. The lowest BCUT2D eigenvalue weighted by Gasteiger charge is -2.04. The van der Waals surface area contributed by atoms with Crippen molar-refractivity contribution >= 4 is 0 Å². The van der Waals surface area contributed by atoms with Crippen molar-refractivity contribution < 1.29 is 4.52 Å². The van der Waals surface area contributed by atoms with Crippen LogP contribution < -0.4 is 5.32 Å². The van der Waals surface area contributed by atoms with Gasteiger partial charge in [-0.05, 0) is 32.2 Å². The number of nitrogens with zero attached hydrogens (tertiary/aromatic N) is 2. The molecule has 1 aliphatic carbocycles. The predicted octanol–water partition coefficient (Wildman–Crippen LogP) is 2.13. The van der Waals surface area contributed by atoms with Gasteiger partial charge >= 0.3 is 0 Å². The zero-order valence-corrected chi connectivity index (χ0v) is 10.2.